The molecular weight excluding hydrogens is 166 g/mol. The first-order chi connectivity index (χ1) is 6.31. The van der Waals surface area contributed by atoms with E-state index in [1.54, 1.807) is 7.11 Å². The minimum Gasteiger partial charge on any atom is -0.484 e. The lowest BCUT2D eigenvalue weighted by Crippen LogP contribution is -2.23. The summed E-state index contributed by atoms with van der Waals surface area (Å²) in [4.78, 5) is 4.47. The first kappa shape index (κ1) is 8.75. The number of ether oxygens (including phenoxy) is 2. The molecule has 0 amide bonds. The van der Waals surface area contributed by atoms with Crippen molar-refractivity contribution >= 4 is 5.90 Å². The maximum atomic E-state index is 5.41. The van der Waals surface area contributed by atoms with E-state index in [1.165, 1.54) is 11.3 Å². The molecule has 3 heteroatoms. The van der Waals surface area contributed by atoms with Gasteiger partial charge in [0.2, 0.25) is 0 Å². The van der Waals surface area contributed by atoms with Crippen LogP contribution in [0.5, 0.6) is 0 Å². The van der Waals surface area contributed by atoms with Crippen molar-refractivity contribution in [2.45, 2.75) is 19.8 Å². The fraction of sp³-hybridized carbons (Fsp3) is 0.700. The molecule has 0 saturated heterocycles. The minimum atomic E-state index is 0.530. The lowest BCUT2D eigenvalue weighted by molar-refractivity contribution is 0.137. The van der Waals surface area contributed by atoms with Gasteiger partial charge in [-0.25, -0.2) is 4.99 Å². The summed E-state index contributed by atoms with van der Waals surface area (Å²) in [6.45, 7) is 3.76. The lowest BCUT2D eigenvalue weighted by atomic mass is 9.92. The Morgan fingerprint density at radius 1 is 1.54 bits per heavy atom. The van der Waals surface area contributed by atoms with Gasteiger partial charge in [0.05, 0.1) is 20.3 Å². The van der Waals surface area contributed by atoms with Gasteiger partial charge in [-0.15, -0.1) is 0 Å². The van der Waals surface area contributed by atoms with E-state index in [9.17, 15) is 0 Å². The highest BCUT2D eigenvalue weighted by atomic mass is 16.5. The molecule has 2 aliphatic heterocycles. The summed E-state index contributed by atoms with van der Waals surface area (Å²) >= 11 is 0. The van der Waals surface area contributed by atoms with Gasteiger partial charge in [0.25, 0.3) is 0 Å². The van der Waals surface area contributed by atoms with Gasteiger partial charge in [-0.1, -0.05) is 6.92 Å². The van der Waals surface area contributed by atoms with Crippen LogP contribution in [-0.2, 0) is 9.47 Å². The number of methoxy groups -OCH3 is 1. The molecule has 0 saturated carbocycles. The van der Waals surface area contributed by atoms with Gasteiger partial charge in [0.1, 0.15) is 0 Å². The molecule has 0 aromatic heterocycles. The highest BCUT2D eigenvalue weighted by Crippen LogP contribution is 2.30. The molecule has 0 radical (unpaired) electrons. The van der Waals surface area contributed by atoms with E-state index in [0.717, 1.165) is 32.0 Å². The number of aliphatic imine (C=N–C) groups is 1. The van der Waals surface area contributed by atoms with Gasteiger partial charge in [0, 0.05) is 18.5 Å². The van der Waals surface area contributed by atoms with Crippen LogP contribution in [0.4, 0.5) is 0 Å². The Labute approximate surface area is 78.4 Å². The van der Waals surface area contributed by atoms with Crippen LogP contribution >= 0.6 is 0 Å². The zero-order valence-electron chi connectivity index (χ0n) is 8.17. The number of nitrogens with zero attached hydrogens (tertiary/aromatic N) is 1. The van der Waals surface area contributed by atoms with Crippen LogP contribution in [0, 0.1) is 5.92 Å². The molecule has 3 nitrogen and oxygen atoms in total. The van der Waals surface area contributed by atoms with Crippen LogP contribution in [0.25, 0.3) is 0 Å². The van der Waals surface area contributed by atoms with E-state index < -0.39 is 0 Å². The molecule has 2 rings (SSSR count). The summed E-state index contributed by atoms with van der Waals surface area (Å²) in [6, 6.07) is 0. The fourth-order valence-corrected chi connectivity index (χ4v) is 1.86. The monoisotopic (exact) mass is 181 g/mol. The molecule has 0 N–H and O–H groups in total. The van der Waals surface area contributed by atoms with E-state index in [-0.39, 0.29) is 0 Å². The number of rotatable bonds is 0. The Balaban J connectivity index is 2.27. The van der Waals surface area contributed by atoms with Crippen molar-refractivity contribution in [3.63, 3.8) is 0 Å². The Hall–Kier alpha value is -0.830. The molecule has 13 heavy (non-hydrogen) atoms. The third kappa shape index (κ3) is 1.61. The Morgan fingerprint density at radius 3 is 3.15 bits per heavy atom. The first-order valence-corrected chi connectivity index (χ1v) is 4.72. The Bertz CT molecular complexity index is 268. The zero-order valence-corrected chi connectivity index (χ0v) is 8.17. The van der Waals surface area contributed by atoms with Crippen molar-refractivity contribution in [3.8, 4) is 0 Å². The second-order valence-electron chi connectivity index (χ2n) is 3.59. The molecule has 72 valence electrons. The Morgan fingerprint density at radius 2 is 2.38 bits per heavy atom. The standard InChI is InChI=1S/C10H15NO2/c1-7-5-10(12-2)11-9-3-4-13-6-8(7)9/h7H,3-6H2,1-2H3. The average molecular weight is 181 g/mol. The van der Waals surface area contributed by atoms with Crippen LogP contribution in [0.15, 0.2) is 16.3 Å². The Kier molecular flexibility index (Phi) is 2.36. The van der Waals surface area contributed by atoms with Gasteiger partial charge >= 0.3 is 0 Å². The molecule has 1 atom stereocenters. The summed E-state index contributed by atoms with van der Waals surface area (Å²) in [7, 11) is 1.69. The lowest BCUT2D eigenvalue weighted by Gasteiger charge is -2.27. The molecule has 0 bridgehead atoms. The summed E-state index contributed by atoms with van der Waals surface area (Å²) in [5.41, 5.74) is 2.56. The van der Waals surface area contributed by atoms with Gasteiger partial charge in [0.15, 0.2) is 5.90 Å². The third-order valence-corrected chi connectivity index (χ3v) is 2.68. The van der Waals surface area contributed by atoms with E-state index >= 15 is 0 Å². The largest absolute Gasteiger partial charge is 0.484 e. The van der Waals surface area contributed by atoms with Crippen LogP contribution in [-0.4, -0.2) is 26.2 Å². The van der Waals surface area contributed by atoms with Gasteiger partial charge in [-0.05, 0) is 11.5 Å². The molecule has 0 spiro atoms. The van der Waals surface area contributed by atoms with Crippen molar-refractivity contribution < 1.29 is 9.47 Å². The minimum absolute atomic E-state index is 0.530. The highest BCUT2D eigenvalue weighted by Gasteiger charge is 2.24. The van der Waals surface area contributed by atoms with E-state index in [0.29, 0.717) is 5.92 Å². The number of hydrogen-bond donors (Lipinski definition) is 0. The second-order valence-corrected chi connectivity index (χ2v) is 3.59. The molecule has 0 aliphatic carbocycles. The predicted molar refractivity (Wildman–Crippen MR) is 50.7 cm³/mol. The molecular formula is C10H15NO2. The molecule has 1 unspecified atom stereocenters. The summed E-state index contributed by atoms with van der Waals surface area (Å²) in [6.07, 6.45) is 1.85. The summed E-state index contributed by atoms with van der Waals surface area (Å²) in [5, 5.41) is 0. The molecule has 0 aromatic rings. The van der Waals surface area contributed by atoms with Crippen LogP contribution < -0.4 is 0 Å². The van der Waals surface area contributed by atoms with E-state index in [2.05, 4.69) is 11.9 Å². The van der Waals surface area contributed by atoms with Crippen LogP contribution in [0.2, 0.25) is 0 Å². The quantitative estimate of drug-likeness (QED) is 0.570. The molecule has 0 aromatic carbocycles. The highest BCUT2D eigenvalue weighted by molar-refractivity contribution is 5.79. The predicted octanol–water partition coefficient (Wildman–Crippen LogP) is 1.75. The van der Waals surface area contributed by atoms with E-state index in [1.807, 2.05) is 0 Å². The van der Waals surface area contributed by atoms with Gasteiger partial charge in [-0.2, -0.15) is 0 Å². The van der Waals surface area contributed by atoms with Crippen molar-refractivity contribution in [2.75, 3.05) is 20.3 Å². The SMILES string of the molecule is COC1=NC2=C(COCC2)C(C)C1. The fourth-order valence-electron chi connectivity index (χ4n) is 1.86. The zero-order chi connectivity index (χ0) is 9.26. The van der Waals surface area contributed by atoms with Crippen molar-refractivity contribution in [1.29, 1.82) is 0 Å². The molecule has 2 heterocycles. The van der Waals surface area contributed by atoms with E-state index in [4.69, 9.17) is 9.47 Å². The van der Waals surface area contributed by atoms with Gasteiger partial charge < -0.3 is 9.47 Å². The third-order valence-electron chi connectivity index (χ3n) is 2.68. The topological polar surface area (TPSA) is 30.8 Å². The summed E-state index contributed by atoms with van der Waals surface area (Å²) < 4.78 is 10.6. The van der Waals surface area contributed by atoms with Crippen LogP contribution in [0.1, 0.15) is 19.8 Å². The normalized spacial score (nSPS) is 28.2. The van der Waals surface area contributed by atoms with Crippen molar-refractivity contribution in [3.05, 3.63) is 11.3 Å². The maximum Gasteiger partial charge on any atom is 0.188 e. The maximum absolute atomic E-state index is 5.41. The number of hydrogen-bond acceptors (Lipinski definition) is 3. The van der Waals surface area contributed by atoms with Gasteiger partial charge in [-0.3, -0.25) is 0 Å². The smallest absolute Gasteiger partial charge is 0.188 e. The van der Waals surface area contributed by atoms with Crippen LogP contribution in [0.3, 0.4) is 0 Å². The first-order valence-electron chi connectivity index (χ1n) is 4.72. The second kappa shape index (κ2) is 3.50. The molecule has 2 aliphatic rings. The average Bonchev–Trinajstić information content (AvgIpc) is 2.18. The summed E-state index contributed by atoms with van der Waals surface area (Å²) in [5.74, 6) is 1.40. The van der Waals surface area contributed by atoms with Crippen molar-refractivity contribution in [1.82, 2.24) is 0 Å². The molecule has 0 fully saturated rings. The van der Waals surface area contributed by atoms with Crippen molar-refractivity contribution in [2.24, 2.45) is 10.9 Å².